The Kier molecular flexibility index (Phi) is 4.49. The summed E-state index contributed by atoms with van der Waals surface area (Å²) in [5.74, 6) is 2.03. The van der Waals surface area contributed by atoms with Crippen molar-refractivity contribution in [2.75, 3.05) is 27.3 Å². The summed E-state index contributed by atoms with van der Waals surface area (Å²) < 4.78 is 10.6. The first kappa shape index (κ1) is 14.7. The molecule has 110 valence electrons. The predicted molar refractivity (Wildman–Crippen MR) is 76.8 cm³/mol. The van der Waals surface area contributed by atoms with Crippen LogP contribution < -0.4 is 15.2 Å². The van der Waals surface area contributed by atoms with Crippen molar-refractivity contribution < 1.29 is 14.3 Å². The maximum Gasteiger partial charge on any atom is 0.222 e. The number of hydrogen-bond acceptors (Lipinski definition) is 4. The van der Waals surface area contributed by atoms with E-state index >= 15 is 0 Å². The van der Waals surface area contributed by atoms with Gasteiger partial charge in [0.05, 0.1) is 20.3 Å². The lowest BCUT2D eigenvalue weighted by molar-refractivity contribution is -0.127. The number of benzene rings is 1. The minimum Gasteiger partial charge on any atom is -0.497 e. The second-order valence-corrected chi connectivity index (χ2v) is 5.32. The van der Waals surface area contributed by atoms with Crippen LogP contribution in [-0.2, 0) is 4.79 Å². The van der Waals surface area contributed by atoms with Crippen molar-refractivity contribution in [3.05, 3.63) is 23.8 Å². The Morgan fingerprint density at radius 2 is 2.15 bits per heavy atom. The van der Waals surface area contributed by atoms with Crippen LogP contribution in [0.15, 0.2) is 18.2 Å². The van der Waals surface area contributed by atoms with Gasteiger partial charge in [-0.05, 0) is 24.1 Å². The molecular weight excluding hydrogens is 256 g/mol. The van der Waals surface area contributed by atoms with Gasteiger partial charge in [0.25, 0.3) is 0 Å². The highest BCUT2D eigenvalue weighted by Crippen LogP contribution is 2.29. The number of likely N-dealkylation sites (tertiary alicyclic amines) is 1. The Bertz CT molecular complexity index is 490. The van der Waals surface area contributed by atoms with Gasteiger partial charge in [0.1, 0.15) is 11.5 Å². The van der Waals surface area contributed by atoms with E-state index in [1.807, 2.05) is 23.1 Å². The molecule has 2 rings (SSSR count). The van der Waals surface area contributed by atoms with E-state index < -0.39 is 0 Å². The summed E-state index contributed by atoms with van der Waals surface area (Å²) in [6.07, 6.45) is 0.613. The van der Waals surface area contributed by atoms with E-state index in [0.29, 0.717) is 18.9 Å². The number of carbonyl (C=O) groups excluding carboxylic acids is 1. The van der Waals surface area contributed by atoms with Gasteiger partial charge in [-0.25, -0.2) is 0 Å². The molecule has 1 aromatic carbocycles. The Morgan fingerprint density at radius 3 is 2.70 bits per heavy atom. The zero-order chi connectivity index (χ0) is 14.7. The fourth-order valence-corrected chi connectivity index (χ4v) is 2.61. The van der Waals surface area contributed by atoms with Crippen LogP contribution in [-0.4, -0.2) is 38.1 Å². The molecular formula is C15H22N2O3. The summed E-state index contributed by atoms with van der Waals surface area (Å²) in [6, 6.07) is 5.25. The summed E-state index contributed by atoms with van der Waals surface area (Å²) in [7, 11) is 3.23. The molecule has 5 nitrogen and oxygen atoms in total. The van der Waals surface area contributed by atoms with Crippen LogP contribution in [0.5, 0.6) is 11.5 Å². The molecule has 0 saturated carbocycles. The predicted octanol–water partition coefficient (Wildman–Crippen LogP) is 1.57. The van der Waals surface area contributed by atoms with Gasteiger partial charge in [-0.2, -0.15) is 0 Å². The third kappa shape index (κ3) is 3.04. The summed E-state index contributed by atoms with van der Waals surface area (Å²) in [4.78, 5) is 13.7. The third-order valence-corrected chi connectivity index (χ3v) is 3.66. The minimum atomic E-state index is -0.283. The molecule has 1 heterocycles. The smallest absolute Gasteiger partial charge is 0.222 e. The number of rotatable bonds is 5. The standard InChI is InChI=1S/C15H22N2O3/c1-10-6-15(18)17(8-10)9-13(16)12-7-11(19-2)4-5-14(12)20-3/h4-5,7,10,13H,6,8-9,16H2,1-3H3. The lowest BCUT2D eigenvalue weighted by atomic mass is 10.1. The Balaban J connectivity index is 2.15. The van der Waals surface area contributed by atoms with Crippen LogP contribution in [0.1, 0.15) is 24.9 Å². The van der Waals surface area contributed by atoms with Gasteiger partial charge in [0, 0.05) is 25.1 Å². The lowest BCUT2D eigenvalue weighted by Gasteiger charge is -2.23. The molecule has 2 unspecified atom stereocenters. The molecule has 1 aromatic rings. The Hall–Kier alpha value is -1.75. The van der Waals surface area contributed by atoms with Gasteiger partial charge in [-0.1, -0.05) is 6.92 Å². The minimum absolute atomic E-state index is 0.176. The molecule has 0 spiro atoms. The first-order valence-corrected chi connectivity index (χ1v) is 6.80. The maximum atomic E-state index is 11.8. The molecule has 1 saturated heterocycles. The molecule has 1 amide bonds. The fraction of sp³-hybridized carbons (Fsp3) is 0.533. The molecule has 1 aliphatic heterocycles. The molecule has 0 radical (unpaired) electrons. The number of nitrogens with zero attached hydrogens (tertiary/aromatic N) is 1. The van der Waals surface area contributed by atoms with Crippen LogP contribution in [0, 0.1) is 5.92 Å². The van der Waals surface area contributed by atoms with Crippen LogP contribution in [0.25, 0.3) is 0 Å². The van der Waals surface area contributed by atoms with Crippen molar-refractivity contribution in [2.24, 2.45) is 11.7 Å². The topological polar surface area (TPSA) is 64.8 Å². The van der Waals surface area contributed by atoms with Crippen LogP contribution >= 0.6 is 0 Å². The lowest BCUT2D eigenvalue weighted by Crippen LogP contribution is -2.33. The van der Waals surface area contributed by atoms with Crippen molar-refractivity contribution >= 4 is 5.91 Å². The van der Waals surface area contributed by atoms with E-state index in [1.165, 1.54) is 0 Å². The van der Waals surface area contributed by atoms with Crippen molar-refractivity contribution in [2.45, 2.75) is 19.4 Å². The van der Waals surface area contributed by atoms with Crippen molar-refractivity contribution in [1.29, 1.82) is 0 Å². The van der Waals surface area contributed by atoms with E-state index in [0.717, 1.165) is 23.6 Å². The highest BCUT2D eigenvalue weighted by Gasteiger charge is 2.28. The van der Waals surface area contributed by atoms with Gasteiger partial charge in [-0.15, -0.1) is 0 Å². The molecule has 0 aromatic heterocycles. The molecule has 0 bridgehead atoms. The Morgan fingerprint density at radius 1 is 1.40 bits per heavy atom. The van der Waals surface area contributed by atoms with E-state index in [-0.39, 0.29) is 11.9 Å². The van der Waals surface area contributed by atoms with Crippen LogP contribution in [0.3, 0.4) is 0 Å². The largest absolute Gasteiger partial charge is 0.497 e. The molecule has 2 N–H and O–H groups in total. The monoisotopic (exact) mass is 278 g/mol. The van der Waals surface area contributed by atoms with E-state index in [9.17, 15) is 4.79 Å². The summed E-state index contributed by atoms with van der Waals surface area (Å²) >= 11 is 0. The normalized spacial score (nSPS) is 20.1. The van der Waals surface area contributed by atoms with Crippen LogP contribution in [0.2, 0.25) is 0 Å². The molecule has 1 fully saturated rings. The SMILES string of the molecule is COc1ccc(OC)c(C(N)CN2CC(C)CC2=O)c1. The number of nitrogens with two attached hydrogens (primary N) is 1. The second-order valence-electron chi connectivity index (χ2n) is 5.32. The second kappa shape index (κ2) is 6.13. The molecule has 2 atom stereocenters. The van der Waals surface area contributed by atoms with Crippen molar-refractivity contribution in [3.63, 3.8) is 0 Å². The highest BCUT2D eigenvalue weighted by molar-refractivity contribution is 5.78. The third-order valence-electron chi connectivity index (χ3n) is 3.66. The van der Waals surface area contributed by atoms with Gasteiger partial charge in [0.15, 0.2) is 0 Å². The van der Waals surface area contributed by atoms with Crippen molar-refractivity contribution in [1.82, 2.24) is 4.90 Å². The van der Waals surface area contributed by atoms with Gasteiger partial charge in [0.2, 0.25) is 5.91 Å². The highest BCUT2D eigenvalue weighted by atomic mass is 16.5. The zero-order valence-corrected chi connectivity index (χ0v) is 12.3. The van der Waals surface area contributed by atoms with Crippen LogP contribution in [0.4, 0.5) is 0 Å². The number of carbonyl (C=O) groups is 1. The number of methoxy groups -OCH3 is 2. The summed E-state index contributed by atoms with van der Waals surface area (Å²) in [6.45, 7) is 3.36. The molecule has 0 aliphatic carbocycles. The van der Waals surface area contributed by atoms with Crippen molar-refractivity contribution in [3.8, 4) is 11.5 Å². The van der Waals surface area contributed by atoms with E-state index in [1.54, 1.807) is 14.2 Å². The average molecular weight is 278 g/mol. The summed E-state index contributed by atoms with van der Waals surface area (Å²) in [5, 5.41) is 0. The fourth-order valence-electron chi connectivity index (χ4n) is 2.61. The van der Waals surface area contributed by atoms with E-state index in [2.05, 4.69) is 6.92 Å². The first-order chi connectivity index (χ1) is 9.55. The van der Waals surface area contributed by atoms with Gasteiger partial charge in [-0.3, -0.25) is 4.79 Å². The Labute approximate surface area is 119 Å². The molecule has 1 aliphatic rings. The number of ether oxygens (including phenoxy) is 2. The first-order valence-electron chi connectivity index (χ1n) is 6.80. The average Bonchev–Trinajstić information content (AvgIpc) is 2.76. The maximum absolute atomic E-state index is 11.8. The quantitative estimate of drug-likeness (QED) is 0.888. The molecule has 5 heteroatoms. The number of hydrogen-bond donors (Lipinski definition) is 1. The van der Waals surface area contributed by atoms with E-state index in [4.69, 9.17) is 15.2 Å². The van der Waals surface area contributed by atoms with Gasteiger partial charge >= 0.3 is 0 Å². The molecule has 20 heavy (non-hydrogen) atoms. The summed E-state index contributed by atoms with van der Waals surface area (Å²) in [5.41, 5.74) is 7.11. The number of amides is 1. The zero-order valence-electron chi connectivity index (χ0n) is 12.3. The van der Waals surface area contributed by atoms with Gasteiger partial charge < -0.3 is 20.1 Å².